The highest BCUT2D eigenvalue weighted by Gasteiger charge is 2.23. The molecule has 0 saturated carbocycles. The average molecular weight is 224 g/mol. The number of allylic oxidation sites excluding steroid dienone is 1. The van der Waals surface area contributed by atoms with E-state index >= 15 is 0 Å². The molecule has 1 fully saturated rings. The molecule has 2 heteroatoms. The lowest BCUT2D eigenvalue weighted by Crippen LogP contribution is -2.41. The first-order valence-electron chi connectivity index (χ1n) is 6.69. The summed E-state index contributed by atoms with van der Waals surface area (Å²) in [5.41, 5.74) is 4.98. The van der Waals surface area contributed by atoms with Crippen LogP contribution in [-0.4, -0.2) is 24.6 Å². The Kier molecular flexibility index (Phi) is 5.50. The molecule has 0 aromatic heterocycles. The molecule has 0 aliphatic carbocycles. The van der Waals surface area contributed by atoms with Crippen LogP contribution < -0.4 is 5.43 Å². The van der Waals surface area contributed by atoms with Gasteiger partial charge in [-0.3, -0.25) is 5.43 Å². The molecular formula is C14H28N2. The maximum Gasteiger partial charge on any atom is 0.0192 e. The van der Waals surface area contributed by atoms with E-state index in [1.807, 2.05) is 0 Å². The summed E-state index contributed by atoms with van der Waals surface area (Å²) in [4.78, 5) is 0. The van der Waals surface area contributed by atoms with Gasteiger partial charge in [0.05, 0.1) is 0 Å². The first-order chi connectivity index (χ1) is 7.54. The minimum Gasteiger partial charge on any atom is -0.253 e. The number of hydrogen-bond acceptors (Lipinski definition) is 2. The fraction of sp³-hybridized carbons (Fsp3) is 0.857. The zero-order valence-corrected chi connectivity index (χ0v) is 11.4. The van der Waals surface area contributed by atoms with Crippen molar-refractivity contribution in [1.82, 2.24) is 10.4 Å². The van der Waals surface area contributed by atoms with Crippen LogP contribution in [0.2, 0.25) is 0 Å². The van der Waals surface area contributed by atoms with Crippen molar-refractivity contribution in [2.45, 2.75) is 52.5 Å². The zero-order chi connectivity index (χ0) is 12.1. The summed E-state index contributed by atoms with van der Waals surface area (Å²) in [6, 6.07) is 0.554. The van der Waals surface area contributed by atoms with E-state index < -0.39 is 0 Å². The van der Waals surface area contributed by atoms with E-state index in [2.05, 4.69) is 44.8 Å². The average Bonchev–Trinajstić information content (AvgIpc) is 2.29. The second-order valence-corrected chi connectivity index (χ2v) is 5.43. The van der Waals surface area contributed by atoms with Gasteiger partial charge in [0.1, 0.15) is 0 Å². The van der Waals surface area contributed by atoms with Crippen molar-refractivity contribution in [2.24, 2.45) is 11.8 Å². The van der Waals surface area contributed by atoms with Crippen molar-refractivity contribution in [3.05, 3.63) is 12.2 Å². The van der Waals surface area contributed by atoms with Gasteiger partial charge in [-0.05, 0) is 44.4 Å². The van der Waals surface area contributed by atoms with Crippen LogP contribution in [0.3, 0.4) is 0 Å². The summed E-state index contributed by atoms with van der Waals surface area (Å²) in [6.07, 6.45) is 4.95. The molecule has 1 heterocycles. The fourth-order valence-corrected chi connectivity index (χ4v) is 2.79. The maximum atomic E-state index is 4.26. The molecule has 0 amide bonds. The lowest BCUT2D eigenvalue weighted by atomic mass is 9.80. The Morgan fingerprint density at radius 2 is 2.12 bits per heavy atom. The molecule has 3 unspecified atom stereocenters. The minimum atomic E-state index is 0.554. The lowest BCUT2D eigenvalue weighted by Gasteiger charge is -2.28. The predicted octanol–water partition coefficient (Wildman–Crippen LogP) is 3.21. The van der Waals surface area contributed by atoms with Gasteiger partial charge in [0.25, 0.3) is 0 Å². The van der Waals surface area contributed by atoms with Crippen LogP contribution in [0.15, 0.2) is 12.2 Å². The predicted molar refractivity (Wildman–Crippen MR) is 71.2 cm³/mol. The maximum absolute atomic E-state index is 4.26. The first kappa shape index (κ1) is 13.7. The molecule has 0 aromatic rings. The number of rotatable bonds is 2. The molecular weight excluding hydrogens is 196 g/mol. The van der Waals surface area contributed by atoms with Gasteiger partial charge in [0.2, 0.25) is 0 Å². The summed E-state index contributed by atoms with van der Waals surface area (Å²) < 4.78 is 0. The molecule has 0 bridgehead atoms. The second kappa shape index (κ2) is 6.41. The topological polar surface area (TPSA) is 15.3 Å². The minimum absolute atomic E-state index is 0.554. The van der Waals surface area contributed by atoms with Crippen LogP contribution in [0.1, 0.15) is 46.5 Å². The molecule has 1 aliphatic heterocycles. The summed E-state index contributed by atoms with van der Waals surface area (Å²) in [5.74, 6) is 1.47. The first-order valence-corrected chi connectivity index (χ1v) is 6.69. The monoisotopic (exact) mass is 224 g/mol. The highest BCUT2D eigenvalue weighted by Crippen LogP contribution is 2.30. The van der Waals surface area contributed by atoms with Gasteiger partial charge >= 0.3 is 0 Å². The molecule has 0 radical (unpaired) electrons. The Labute approximate surface area is 101 Å². The molecule has 0 spiro atoms. The molecule has 94 valence electrons. The summed E-state index contributed by atoms with van der Waals surface area (Å²) in [6.45, 7) is 12.3. The summed E-state index contributed by atoms with van der Waals surface area (Å²) in [7, 11) is 2.15. The van der Waals surface area contributed by atoms with E-state index in [1.54, 1.807) is 0 Å². The van der Waals surface area contributed by atoms with Crippen LogP contribution >= 0.6 is 0 Å². The molecule has 1 saturated heterocycles. The molecule has 3 atom stereocenters. The van der Waals surface area contributed by atoms with Crippen LogP contribution in [-0.2, 0) is 0 Å². The molecule has 2 nitrogen and oxygen atoms in total. The third kappa shape index (κ3) is 3.91. The van der Waals surface area contributed by atoms with Gasteiger partial charge in [0, 0.05) is 19.6 Å². The SMILES string of the molecule is C=C(CC)C1CC(C)NN(C)CCCC1C. The van der Waals surface area contributed by atoms with Crippen LogP contribution in [0.4, 0.5) is 0 Å². The van der Waals surface area contributed by atoms with Gasteiger partial charge in [-0.2, -0.15) is 0 Å². The normalized spacial score (nSPS) is 33.9. The summed E-state index contributed by atoms with van der Waals surface area (Å²) in [5, 5.41) is 2.24. The Bertz CT molecular complexity index is 225. The van der Waals surface area contributed by atoms with E-state index in [4.69, 9.17) is 0 Å². The molecule has 1 N–H and O–H groups in total. The van der Waals surface area contributed by atoms with Gasteiger partial charge < -0.3 is 0 Å². The number of nitrogens with zero attached hydrogens (tertiary/aromatic N) is 1. The van der Waals surface area contributed by atoms with Crippen molar-refractivity contribution >= 4 is 0 Å². The second-order valence-electron chi connectivity index (χ2n) is 5.43. The third-order valence-electron chi connectivity index (χ3n) is 3.87. The van der Waals surface area contributed by atoms with Gasteiger partial charge in [-0.1, -0.05) is 26.0 Å². The van der Waals surface area contributed by atoms with Gasteiger partial charge in [0.15, 0.2) is 0 Å². The molecule has 1 rings (SSSR count). The van der Waals surface area contributed by atoms with Crippen LogP contribution in [0.25, 0.3) is 0 Å². The third-order valence-corrected chi connectivity index (χ3v) is 3.87. The van der Waals surface area contributed by atoms with Crippen LogP contribution in [0, 0.1) is 11.8 Å². The zero-order valence-electron chi connectivity index (χ0n) is 11.4. The number of hydrogen-bond donors (Lipinski definition) is 1. The van der Waals surface area contributed by atoms with Crippen molar-refractivity contribution in [3.8, 4) is 0 Å². The van der Waals surface area contributed by atoms with E-state index in [0.29, 0.717) is 12.0 Å². The quantitative estimate of drug-likeness (QED) is 0.725. The van der Waals surface area contributed by atoms with Gasteiger partial charge in [-0.25, -0.2) is 5.01 Å². The molecule has 16 heavy (non-hydrogen) atoms. The Balaban J connectivity index is 2.68. The standard InChI is InChI=1S/C14H28N2/c1-6-11(2)14-10-13(4)15-16(5)9-7-8-12(14)3/h12-15H,2,6-10H2,1,3-5H3. The van der Waals surface area contributed by atoms with Crippen molar-refractivity contribution in [1.29, 1.82) is 0 Å². The number of nitrogens with one attached hydrogen (secondary N) is 1. The fourth-order valence-electron chi connectivity index (χ4n) is 2.79. The summed E-state index contributed by atoms with van der Waals surface area (Å²) >= 11 is 0. The largest absolute Gasteiger partial charge is 0.253 e. The molecule has 1 aliphatic rings. The molecule has 0 aromatic carbocycles. The van der Waals surface area contributed by atoms with Crippen molar-refractivity contribution in [2.75, 3.05) is 13.6 Å². The highest BCUT2D eigenvalue weighted by atomic mass is 15.5. The highest BCUT2D eigenvalue weighted by molar-refractivity contribution is 5.02. The Morgan fingerprint density at radius 3 is 2.75 bits per heavy atom. The van der Waals surface area contributed by atoms with Crippen molar-refractivity contribution in [3.63, 3.8) is 0 Å². The van der Waals surface area contributed by atoms with Crippen molar-refractivity contribution < 1.29 is 0 Å². The van der Waals surface area contributed by atoms with Crippen LogP contribution in [0.5, 0.6) is 0 Å². The van der Waals surface area contributed by atoms with E-state index in [-0.39, 0.29) is 0 Å². The van der Waals surface area contributed by atoms with E-state index in [9.17, 15) is 0 Å². The smallest absolute Gasteiger partial charge is 0.0192 e. The van der Waals surface area contributed by atoms with Gasteiger partial charge in [-0.15, -0.1) is 0 Å². The number of hydrazine groups is 1. The Morgan fingerprint density at radius 1 is 1.44 bits per heavy atom. The van der Waals surface area contributed by atoms with E-state index in [0.717, 1.165) is 18.9 Å². The Hall–Kier alpha value is -0.340. The lowest BCUT2D eigenvalue weighted by molar-refractivity contribution is 0.197. The van der Waals surface area contributed by atoms with E-state index in [1.165, 1.54) is 24.8 Å².